The molecule has 0 radical (unpaired) electrons. The zero-order chi connectivity index (χ0) is 16.3. The molecule has 3 rings (SSSR count). The Morgan fingerprint density at radius 1 is 1.22 bits per heavy atom. The second-order valence-electron chi connectivity index (χ2n) is 6.70. The smallest absolute Gasteiger partial charge is 0.242 e. The number of ether oxygens (including phenoxy) is 1. The van der Waals surface area contributed by atoms with E-state index in [1.165, 1.54) is 12.1 Å². The molecule has 2 saturated heterocycles. The van der Waals surface area contributed by atoms with Crippen LogP contribution < -0.4 is 15.0 Å². The third kappa shape index (κ3) is 3.44. The highest BCUT2D eigenvalue weighted by molar-refractivity contribution is 5.86. The van der Waals surface area contributed by atoms with Crippen molar-refractivity contribution in [2.24, 2.45) is 0 Å². The van der Waals surface area contributed by atoms with Crippen molar-refractivity contribution in [1.82, 2.24) is 10.2 Å². The van der Waals surface area contributed by atoms with Crippen LogP contribution in [0.5, 0.6) is 5.75 Å². The number of nitrogens with zero attached hydrogens (tertiary/aromatic N) is 2. The van der Waals surface area contributed by atoms with Gasteiger partial charge in [-0.3, -0.25) is 4.79 Å². The second kappa shape index (κ2) is 6.79. The molecule has 5 nitrogen and oxygen atoms in total. The van der Waals surface area contributed by atoms with Crippen molar-refractivity contribution in [3.8, 4) is 5.75 Å². The molecule has 2 heterocycles. The Bertz CT molecular complexity index is 547. The van der Waals surface area contributed by atoms with Crippen molar-refractivity contribution in [3.05, 3.63) is 24.3 Å². The van der Waals surface area contributed by atoms with Crippen LogP contribution in [0.25, 0.3) is 0 Å². The molecule has 0 spiro atoms. The highest BCUT2D eigenvalue weighted by Crippen LogP contribution is 2.25. The number of nitrogens with one attached hydrogen (secondary N) is 1. The van der Waals surface area contributed by atoms with Crippen LogP contribution in [0.3, 0.4) is 0 Å². The van der Waals surface area contributed by atoms with Gasteiger partial charge in [0.2, 0.25) is 5.91 Å². The van der Waals surface area contributed by atoms with E-state index in [4.69, 9.17) is 4.74 Å². The van der Waals surface area contributed by atoms with E-state index in [0.29, 0.717) is 0 Å². The second-order valence-corrected chi connectivity index (χ2v) is 6.70. The summed E-state index contributed by atoms with van der Waals surface area (Å²) in [5, 5.41) is 3.43. The summed E-state index contributed by atoms with van der Waals surface area (Å²) in [6.07, 6.45) is 3.26. The number of hydrogen-bond acceptors (Lipinski definition) is 4. The quantitative estimate of drug-likeness (QED) is 0.924. The number of rotatable bonds is 3. The Hall–Kier alpha value is -1.75. The molecule has 0 aromatic heterocycles. The lowest BCUT2D eigenvalue weighted by atomic mass is 9.89. The van der Waals surface area contributed by atoms with E-state index in [1.807, 2.05) is 17.0 Å². The summed E-state index contributed by atoms with van der Waals surface area (Å²) in [6, 6.07) is 8.13. The zero-order valence-corrected chi connectivity index (χ0v) is 14.2. The van der Waals surface area contributed by atoms with Gasteiger partial charge in [-0.15, -0.1) is 0 Å². The van der Waals surface area contributed by atoms with Gasteiger partial charge in [0.05, 0.1) is 12.6 Å². The molecule has 2 aliphatic rings. The van der Waals surface area contributed by atoms with Crippen LogP contribution in [0.1, 0.15) is 26.2 Å². The molecule has 1 unspecified atom stereocenters. The number of benzene rings is 1. The number of carbonyl (C=O) groups is 1. The normalized spacial score (nSPS) is 25.3. The van der Waals surface area contributed by atoms with Gasteiger partial charge in [0.25, 0.3) is 0 Å². The van der Waals surface area contributed by atoms with Crippen LogP contribution in [-0.4, -0.2) is 56.2 Å². The Morgan fingerprint density at radius 3 is 2.65 bits per heavy atom. The van der Waals surface area contributed by atoms with Gasteiger partial charge in [0.15, 0.2) is 0 Å². The largest absolute Gasteiger partial charge is 0.497 e. The minimum atomic E-state index is -0.365. The first-order valence-corrected chi connectivity index (χ1v) is 8.56. The number of anilines is 1. The molecule has 0 bridgehead atoms. The van der Waals surface area contributed by atoms with Gasteiger partial charge in [-0.05, 0) is 44.9 Å². The SMILES string of the molecule is COc1cccc(N2CCN(C(=O)C3(C)CCCCN3)CC2)c1. The molecule has 1 aromatic carbocycles. The number of piperidine rings is 1. The zero-order valence-electron chi connectivity index (χ0n) is 14.2. The van der Waals surface area contributed by atoms with Crippen molar-refractivity contribution in [2.45, 2.75) is 31.7 Å². The number of amides is 1. The average Bonchev–Trinajstić information content (AvgIpc) is 2.62. The van der Waals surface area contributed by atoms with E-state index in [-0.39, 0.29) is 11.4 Å². The Labute approximate surface area is 138 Å². The maximum Gasteiger partial charge on any atom is 0.242 e. The molecule has 0 aliphatic carbocycles. The van der Waals surface area contributed by atoms with Gasteiger partial charge >= 0.3 is 0 Å². The molecule has 5 heteroatoms. The summed E-state index contributed by atoms with van der Waals surface area (Å²) in [7, 11) is 1.69. The van der Waals surface area contributed by atoms with Gasteiger partial charge in [0, 0.05) is 37.9 Å². The minimum absolute atomic E-state index is 0.266. The predicted octanol–water partition coefficient (Wildman–Crippen LogP) is 1.88. The molecule has 126 valence electrons. The van der Waals surface area contributed by atoms with E-state index in [0.717, 1.165) is 51.3 Å². The van der Waals surface area contributed by atoms with Crippen LogP contribution in [-0.2, 0) is 4.79 Å². The molecule has 1 amide bonds. The van der Waals surface area contributed by atoms with Crippen molar-refractivity contribution < 1.29 is 9.53 Å². The maximum absolute atomic E-state index is 12.8. The summed E-state index contributed by atoms with van der Waals surface area (Å²) >= 11 is 0. The number of methoxy groups -OCH3 is 1. The monoisotopic (exact) mass is 317 g/mol. The molecule has 1 N–H and O–H groups in total. The first-order chi connectivity index (χ1) is 11.1. The molecule has 1 atom stereocenters. The first kappa shape index (κ1) is 16.1. The number of hydrogen-bond donors (Lipinski definition) is 1. The topological polar surface area (TPSA) is 44.8 Å². The highest BCUT2D eigenvalue weighted by Gasteiger charge is 2.38. The summed E-state index contributed by atoms with van der Waals surface area (Å²) < 4.78 is 5.30. The van der Waals surface area contributed by atoms with E-state index in [9.17, 15) is 4.79 Å². The van der Waals surface area contributed by atoms with E-state index >= 15 is 0 Å². The van der Waals surface area contributed by atoms with Gasteiger partial charge in [0.1, 0.15) is 5.75 Å². The third-order valence-corrected chi connectivity index (χ3v) is 5.08. The van der Waals surface area contributed by atoms with Crippen LogP contribution >= 0.6 is 0 Å². The van der Waals surface area contributed by atoms with Crippen molar-refractivity contribution >= 4 is 11.6 Å². The minimum Gasteiger partial charge on any atom is -0.497 e. The van der Waals surface area contributed by atoms with Crippen LogP contribution in [0.2, 0.25) is 0 Å². The van der Waals surface area contributed by atoms with Crippen LogP contribution in [0, 0.1) is 0 Å². The van der Waals surface area contributed by atoms with E-state index in [1.54, 1.807) is 7.11 Å². The molecule has 0 saturated carbocycles. The lowest BCUT2D eigenvalue weighted by Crippen LogP contribution is -2.61. The number of carbonyl (C=O) groups excluding carboxylic acids is 1. The fourth-order valence-electron chi connectivity index (χ4n) is 3.56. The van der Waals surface area contributed by atoms with Crippen molar-refractivity contribution in [2.75, 3.05) is 44.7 Å². The first-order valence-electron chi connectivity index (χ1n) is 8.56. The summed E-state index contributed by atoms with van der Waals surface area (Å²) in [6.45, 7) is 6.32. The third-order valence-electron chi connectivity index (χ3n) is 5.08. The fraction of sp³-hybridized carbons (Fsp3) is 0.611. The van der Waals surface area contributed by atoms with Crippen molar-refractivity contribution in [3.63, 3.8) is 0 Å². The summed E-state index contributed by atoms with van der Waals surface area (Å²) in [5.74, 6) is 1.14. The Balaban J connectivity index is 1.60. The predicted molar refractivity (Wildman–Crippen MR) is 92.0 cm³/mol. The average molecular weight is 317 g/mol. The fourth-order valence-corrected chi connectivity index (χ4v) is 3.56. The summed E-state index contributed by atoms with van der Waals surface area (Å²) in [5.41, 5.74) is 0.801. The van der Waals surface area contributed by atoms with Gasteiger partial charge in [-0.2, -0.15) is 0 Å². The van der Waals surface area contributed by atoms with Crippen LogP contribution in [0.4, 0.5) is 5.69 Å². The van der Waals surface area contributed by atoms with E-state index < -0.39 is 0 Å². The molecule has 1 aromatic rings. The number of piperazine rings is 1. The van der Waals surface area contributed by atoms with E-state index in [2.05, 4.69) is 29.3 Å². The highest BCUT2D eigenvalue weighted by atomic mass is 16.5. The molecule has 23 heavy (non-hydrogen) atoms. The maximum atomic E-state index is 12.8. The molecule has 2 aliphatic heterocycles. The summed E-state index contributed by atoms with van der Waals surface area (Å²) in [4.78, 5) is 17.2. The lowest BCUT2D eigenvalue weighted by Gasteiger charge is -2.42. The standard InChI is InChI=1S/C18H27N3O2/c1-18(8-3-4-9-19-18)17(22)21-12-10-20(11-13-21)15-6-5-7-16(14-15)23-2/h5-7,14,19H,3-4,8-13H2,1-2H3. The Morgan fingerprint density at radius 2 is 2.00 bits per heavy atom. The van der Waals surface area contributed by atoms with Gasteiger partial charge < -0.3 is 19.9 Å². The molecular formula is C18H27N3O2. The van der Waals surface area contributed by atoms with Gasteiger partial charge in [-0.1, -0.05) is 6.07 Å². The molecule has 2 fully saturated rings. The van der Waals surface area contributed by atoms with Crippen LogP contribution in [0.15, 0.2) is 24.3 Å². The lowest BCUT2D eigenvalue weighted by molar-refractivity contribution is -0.139. The van der Waals surface area contributed by atoms with Crippen molar-refractivity contribution in [1.29, 1.82) is 0 Å². The van der Waals surface area contributed by atoms with Gasteiger partial charge in [-0.25, -0.2) is 0 Å². The molecular weight excluding hydrogens is 290 g/mol. The Kier molecular flexibility index (Phi) is 4.76.